The summed E-state index contributed by atoms with van der Waals surface area (Å²) in [6, 6.07) is 11.0. The molecule has 2 aromatic heterocycles. The van der Waals surface area contributed by atoms with Gasteiger partial charge in [-0.15, -0.1) is 0 Å². The van der Waals surface area contributed by atoms with Crippen LogP contribution in [-0.2, 0) is 4.79 Å². The first-order valence-corrected chi connectivity index (χ1v) is 8.39. The van der Waals surface area contributed by atoms with Crippen molar-refractivity contribution in [1.82, 2.24) is 25.6 Å². The van der Waals surface area contributed by atoms with Gasteiger partial charge in [-0.1, -0.05) is 17.7 Å². The first kappa shape index (κ1) is 18.1. The predicted octanol–water partition coefficient (Wildman–Crippen LogP) is 1.76. The summed E-state index contributed by atoms with van der Waals surface area (Å²) in [5.41, 5.74) is 8.16. The molecule has 0 bridgehead atoms. The summed E-state index contributed by atoms with van der Waals surface area (Å²) in [6.07, 6.45) is 4.82. The Bertz CT molecular complexity index is 935. The number of hydrogen-bond donors (Lipinski definition) is 3. The average Bonchev–Trinajstić information content (AvgIpc) is 3.20. The van der Waals surface area contributed by atoms with E-state index in [1.165, 1.54) is 6.20 Å². The molecule has 0 radical (unpaired) electrons. The van der Waals surface area contributed by atoms with Crippen LogP contribution in [0, 0.1) is 13.8 Å². The molecule has 2 amide bonds. The van der Waals surface area contributed by atoms with Crippen molar-refractivity contribution in [2.45, 2.75) is 13.8 Å². The number of amides is 2. The van der Waals surface area contributed by atoms with Crippen molar-refractivity contribution in [3.05, 3.63) is 71.7 Å². The van der Waals surface area contributed by atoms with Crippen LogP contribution >= 0.6 is 0 Å². The van der Waals surface area contributed by atoms with Gasteiger partial charge in [0.2, 0.25) is 0 Å². The zero-order chi connectivity index (χ0) is 19.2. The third kappa shape index (κ3) is 4.69. The van der Waals surface area contributed by atoms with E-state index in [2.05, 4.69) is 26.3 Å². The number of hydrazine groups is 1. The van der Waals surface area contributed by atoms with Crippen LogP contribution in [0.3, 0.4) is 0 Å². The second-order valence-electron chi connectivity index (χ2n) is 6.03. The molecule has 0 aliphatic heterocycles. The molecule has 138 valence electrons. The van der Waals surface area contributed by atoms with Crippen LogP contribution in [0.5, 0.6) is 0 Å². The Morgan fingerprint density at radius 2 is 1.96 bits per heavy atom. The Hall–Kier alpha value is -3.68. The van der Waals surface area contributed by atoms with Crippen LogP contribution in [0.15, 0.2) is 55.0 Å². The smallest absolute Gasteiger partial charge is 0.271 e. The van der Waals surface area contributed by atoms with Gasteiger partial charge in [0.05, 0.1) is 12.1 Å². The van der Waals surface area contributed by atoms with Gasteiger partial charge in [0.15, 0.2) is 5.82 Å². The lowest BCUT2D eigenvalue weighted by molar-refractivity contribution is -0.120. The van der Waals surface area contributed by atoms with E-state index in [0.29, 0.717) is 11.4 Å². The molecule has 0 aliphatic carbocycles. The Morgan fingerprint density at radius 1 is 1.11 bits per heavy atom. The van der Waals surface area contributed by atoms with Gasteiger partial charge in [-0.3, -0.25) is 20.4 Å². The Balaban J connectivity index is 1.49. The van der Waals surface area contributed by atoms with Gasteiger partial charge in [-0.25, -0.2) is 9.67 Å². The lowest BCUT2D eigenvalue weighted by Gasteiger charge is -2.11. The topological polar surface area (TPSA) is 101 Å². The number of aryl methyl sites for hydroxylation is 2. The van der Waals surface area contributed by atoms with E-state index in [0.717, 1.165) is 16.8 Å². The van der Waals surface area contributed by atoms with Crippen LogP contribution in [0.4, 0.5) is 5.69 Å². The zero-order valence-electron chi connectivity index (χ0n) is 15.1. The SMILES string of the molecule is Cc1ccc(NCC(=O)NNC(=O)c2ccc(-n3cccn3)nc2)c(C)c1. The fraction of sp³-hybridized carbons (Fsp3) is 0.158. The number of nitrogens with one attached hydrogen (secondary N) is 3. The van der Waals surface area contributed by atoms with E-state index in [9.17, 15) is 9.59 Å². The molecule has 3 N–H and O–H groups in total. The molecule has 2 heterocycles. The maximum Gasteiger partial charge on any atom is 0.271 e. The van der Waals surface area contributed by atoms with Crippen LogP contribution in [0.2, 0.25) is 0 Å². The summed E-state index contributed by atoms with van der Waals surface area (Å²) in [5.74, 6) is -0.211. The molecule has 3 aromatic rings. The lowest BCUT2D eigenvalue weighted by atomic mass is 10.1. The Morgan fingerprint density at radius 3 is 2.63 bits per heavy atom. The second kappa shape index (κ2) is 8.13. The number of rotatable bonds is 5. The van der Waals surface area contributed by atoms with Crippen molar-refractivity contribution in [3.8, 4) is 5.82 Å². The summed E-state index contributed by atoms with van der Waals surface area (Å²) in [6.45, 7) is 4.02. The van der Waals surface area contributed by atoms with E-state index in [1.54, 1.807) is 35.3 Å². The van der Waals surface area contributed by atoms with Crippen LogP contribution in [0.25, 0.3) is 5.82 Å². The fourth-order valence-electron chi connectivity index (χ4n) is 2.49. The second-order valence-corrected chi connectivity index (χ2v) is 6.03. The van der Waals surface area contributed by atoms with Crippen LogP contribution in [0.1, 0.15) is 21.5 Å². The number of carbonyl (C=O) groups is 2. The number of pyridine rings is 1. The zero-order valence-corrected chi connectivity index (χ0v) is 15.1. The molecule has 0 unspecified atom stereocenters. The van der Waals surface area contributed by atoms with Crippen molar-refractivity contribution in [2.24, 2.45) is 0 Å². The van der Waals surface area contributed by atoms with Gasteiger partial charge >= 0.3 is 0 Å². The molecule has 1 aromatic carbocycles. The minimum atomic E-state index is -0.450. The highest BCUT2D eigenvalue weighted by Crippen LogP contribution is 2.15. The van der Waals surface area contributed by atoms with Crippen molar-refractivity contribution < 1.29 is 9.59 Å². The predicted molar refractivity (Wildman–Crippen MR) is 101 cm³/mol. The van der Waals surface area contributed by atoms with Gasteiger partial charge < -0.3 is 5.32 Å². The van der Waals surface area contributed by atoms with Crippen molar-refractivity contribution in [3.63, 3.8) is 0 Å². The van der Waals surface area contributed by atoms with Crippen molar-refractivity contribution >= 4 is 17.5 Å². The average molecular weight is 364 g/mol. The molecule has 0 fully saturated rings. The van der Waals surface area contributed by atoms with E-state index >= 15 is 0 Å². The molecule has 27 heavy (non-hydrogen) atoms. The van der Waals surface area contributed by atoms with E-state index in [1.807, 2.05) is 32.0 Å². The summed E-state index contributed by atoms with van der Waals surface area (Å²) >= 11 is 0. The van der Waals surface area contributed by atoms with Crippen molar-refractivity contribution in [1.29, 1.82) is 0 Å². The van der Waals surface area contributed by atoms with Gasteiger partial charge in [-0.05, 0) is 43.7 Å². The number of benzene rings is 1. The summed E-state index contributed by atoms with van der Waals surface area (Å²) < 4.78 is 1.59. The van der Waals surface area contributed by atoms with Crippen LogP contribution < -0.4 is 16.2 Å². The molecule has 0 saturated heterocycles. The molecular weight excluding hydrogens is 344 g/mol. The highest BCUT2D eigenvalue weighted by molar-refractivity contribution is 5.95. The number of hydrogen-bond acceptors (Lipinski definition) is 5. The molecule has 8 nitrogen and oxygen atoms in total. The van der Waals surface area contributed by atoms with Gasteiger partial charge in [0.25, 0.3) is 11.8 Å². The van der Waals surface area contributed by atoms with Gasteiger partial charge in [0, 0.05) is 24.3 Å². The molecule has 8 heteroatoms. The number of anilines is 1. The molecular formula is C19H20N6O2. The largest absolute Gasteiger partial charge is 0.376 e. The molecule has 0 spiro atoms. The van der Waals surface area contributed by atoms with Gasteiger partial charge in [-0.2, -0.15) is 5.10 Å². The quantitative estimate of drug-likeness (QED) is 0.599. The lowest BCUT2D eigenvalue weighted by Crippen LogP contribution is -2.44. The minimum absolute atomic E-state index is 0.0423. The summed E-state index contributed by atoms with van der Waals surface area (Å²) in [4.78, 5) is 28.2. The van der Waals surface area contributed by atoms with E-state index in [4.69, 9.17) is 0 Å². The summed E-state index contributed by atoms with van der Waals surface area (Å²) in [5, 5.41) is 7.11. The first-order valence-electron chi connectivity index (χ1n) is 8.39. The number of nitrogens with zero attached hydrogens (tertiary/aromatic N) is 3. The third-order valence-electron chi connectivity index (χ3n) is 3.89. The summed E-state index contributed by atoms with van der Waals surface area (Å²) in [7, 11) is 0. The molecule has 0 atom stereocenters. The maximum absolute atomic E-state index is 12.1. The standard InChI is InChI=1S/C19H20N6O2/c1-13-4-6-16(14(2)10-13)20-12-18(26)23-24-19(27)15-5-7-17(21-11-15)25-9-3-8-22-25/h3-11,20H,12H2,1-2H3,(H,23,26)(H,24,27). The Labute approximate surface area is 156 Å². The molecule has 3 rings (SSSR count). The van der Waals surface area contributed by atoms with Crippen molar-refractivity contribution in [2.75, 3.05) is 11.9 Å². The van der Waals surface area contributed by atoms with E-state index in [-0.39, 0.29) is 12.5 Å². The fourth-order valence-corrected chi connectivity index (χ4v) is 2.49. The normalized spacial score (nSPS) is 10.3. The van der Waals surface area contributed by atoms with E-state index < -0.39 is 5.91 Å². The Kier molecular flexibility index (Phi) is 5.46. The maximum atomic E-state index is 12.1. The number of aromatic nitrogens is 3. The monoisotopic (exact) mass is 364 g/mol. The highest BCUT2D eigenvalue weighted by Gasteiger charge is 2.09. The minimum Gasteiger partial charge on any atom is -0.376 e. The highest BCUT2D eigenvalue weighted by atomic mass is 16.2. The van der Waals surface area contributed by atoms with Crippen LogP contribution in [-0.4, -0.2) is 33.1 Å². The molecule has 0 saturated carbocycles. The first-order chi connectivity index (χ1) is 13.0. The third-order valence-corrected chi connectivity index (χ3v) is 3.89. The molecule has 0 aliphatic rings. The van der Waals surface area contributed by atoms with Gasteiger partial charge in [0.1, 0.15) is 0 Å². The number of carbonyl (C=O) groups excluding carboxylic acids is 2.